The lowest BCUT2D eigenvalue weighted by Crippen LogP contribution is -2.01. The molecular formula is C15H9ClF3N5. The Kier molecular flexibility index (Phi) is 4.57. The van der Waals surface area contributed by atoms with E-state index in [4.69, 9.17) is 11.6 Å². The molecule has 0 spiro atoms. The van der Waals surface area contributed by atoms with Crippen LogP contribution in [-0.4, -0.2) is 19.9 Å². The van der Waals surface area contributed by atoms with E-state index in [1.807, 2.05) is 0 Å². The average molecular weight is 352 g/mol. The standard InChI is InChI=1S/C15H9ClF3N5/c16-12-5-8(3-4-20-12)14-21-7-22-15(24-14)23-9-1-2-11(17)10(6-9)13(18)19/h1-7,13H,(H,21,22,23,24). The molecule has 0 aliphatic carbocycles. The first-order chi connectivity index (χ1) is 11.5. The van der Waals surface area contributed by atoms with Gasteiger partial charge in [-0.15, -0.1) is 0 Å². The van der Waals surface area contributed by atoms with Crippen molar-refractivity contribution in [1.82, 2.24) is 19.9 Å². The molecule has 0 atom stereocenters. The first kappa shape index (κ1) is 16.1. The molecule has 24 heavy (non-hydrogen) atoms. The molecule has 0 aliphatic rings. The summed E-state index contributed by atoms with van der Waals surface area (Å²) in [6.07, 6.45) is -0.153. The number of alkyl halides is 2. The Labute approximate surface area is 139 Å². The van der Waals surface area contributed by atoms with Crippen LogP contribution in [0, 0.1) is 5.82 Å². The highest BCUT2D eigenvalue weighted by molar-refractivity contribution is 6.29. The maximum absolute atomic E-state index is 13.3. The fraction of sp³-hybridized carbons (Fsp3) is 0.0667. The average Bonchev–Trinajstić information content (AvgIpc) is 2.57. The van der Waals surface area contributed by atoms with Crippen LogP contribution >= 0.6 is 11.6 Å². The summed E-state index contributed by atoms with van der Waals surface area (Å²) >= 11 is 5.82. The maximum atomic E-state index is 13.3. The second kappa shape index (κ2) is 6.79. The molecule has 5 nitrogen and oxygen atoms in total. The molecule has 0 bridgehead atoms. The van der Waals surface area contributed by atoms with Crippen LogP contribution in [0.25, 0.3) is 11.4 Å². The van der Waals surface area contributed by atoms with E-state index in [1.54, 1.807) is 12.1 Å². The van der Waals surface area contributed by atoms with Crippen molar-refractivity contribution in [3.05, 3.63) is 59.4 Å². The third kappa shape index (κ3) is 3.60. The van der Waals surface area contributed by atoms with Gasteiger partial charge in [0.2, 0.25) is 5.95 Å². The van der Waals surface area contributed by atoms with Gasteiger partial charge in [-0.2, -0.15) is 4.98 Å². The van der Waals surface area contributed by atoms with Gasteiger partial charge < -0.3 is 5.32 Å². The minimum absolute atomic E-state index is 0.125. The van der Waals surface area contributed by atoms with Gasteiger partial charge in [-0.05, 0) is 30.3 Å². The number of nitrogens with one attached hydrogen (secondary N) is 1. The van der Waals surface area contributed by atoms with Gasteiger partial charge in [0.15, 0.2) is 5.82 Å². The van der Waals surface area contributed by atoms with Gasteiger partial charge in [-0.1, -0.05) is 11.6 Å². The van der Waals surface area contributed by atoms with Crippen molar-refractivity contribution in [1.29, 1.82) is 0 Å². The Morgan fingerprint density at radius 3 is 2.62 bits per heavy atom. The van der Waals surface area contributed by atoms with Crippen LogP contribution in [0.2, 0.25) is 5.15 Å². The van der Waals surface area contributed by atoms with Gasteiger partial charge in [0.1, 0.15) is 17.3 Å². The van der Waals surface area contributed by atoms with Crippen LogP contribution in [0.4, 0.5) is 24.8 Å². The van der Waals surface area contributed by atoms with Crippen LogP contribution < -0.4 is 5.32 Å². The van der Waals surface area contributed by atoms with Crippen LogP contribution in [0.5, 0.6) is 0 Å². The fourth-order valence-electron chi connectivity index (χ4n) is 1.95. The van der Waals surface area contributed by atoms with E-state index >= 15 is 0 Å². The predicted octanol–water partition coefficient (Wildman–Crippen LogP) is 4.41. The van der Waals surface area contributed by atoms with Crippen molar-refractivity contribution in [2.24, 2.45) is 0 Å². The molecule has 2 heterocycles. The molecule has 3 aromatic rings. The number of anilines is 2. The molecule has 0 fully saturated rings. The second-order valence-corrected chi connectivity index (χ2v) is 5.05. The molecule has 1 N–H and O–H groups in total. The summed E-state index contributed by atoms with van der Waals surface area (Å²) in [4.78, 5) is 16.0. The summed E-state index contributed by atoms with van der Waals surface area (Å²) in [5.41, 5.74) is 0.152. The van der Waals surface area contributed by atoms with Crippen molar-refractivity contribution >= 4 is 23.2 Å². The minimum atomic E-state index is -2.92. The molecule has 0 saturated carbocycles. The molecule has 1 aromatic carbocycles. The van der Waals surface area contributed by atoms with Crippen molar-refractivity contribution in [3.8, 4) is 11.4 Å². The number of hydrogen-bond acceptors (Lipinski definition) is 5. The Hall–Kier alpha value is -2.74. The van der Waals surface area contributed by atoms with Gasteiger partial charge >= 0.3 is 0 Å². The summed E-state index contributed by atoms with van der Waals surface area (Å²) in [5, 5.41) is 3.02. The van der Waals surface area contributed by atoms with E-state index in [9.17, 15) is 13.2 Å². The summed E-state index contributed by atoms with van der Waals surface area (Å²) in [7, 11) is 0. The van der Waals surface area contributed by atoms with E-state index in [1.165, 1.54) is 18.6 Å². The molecule has 0 radical (unpaired) electrons. The molecule has 0 amide bonds. The zero-order valence-corrected chi connectivity index (χ0v) is 12.7. The SMILES string of the molecule is Fc1ccc(Nc2ncnc(-c3ccnc(Cl)c3)n2)cc1C(F)F. The van der Waals surface area contributed by atoms with Gasteiger partial charge in [-0.25, -0.2) is 28.1 Å². The lowest BCUT2D eigenvalue weighted by molar-refractivity contribution is 0.146. The number of rotatable bonds is 4. The molecule has 0 aliphatic heterocycles. The lowest BCUT2D eigenvalue weighted by atomic mass is 10.2. The summed E-state index contributed by atoms with van der Waals surface area (Å²) in [5.74, 6) is -0.522. The van der Waals surface area contributed by atoms with Crippen molar-refractivity contribution in [2.75, 3.05) is 5.32 Å². The number of halogens is 4. The Bertz CT molecular complexity index is 875. The molecule has 3 rings (SSSR count). The number of benzene rings is 1. The molecule has 122 valence electrons. The van der Waals surface area contributed by atoms with Crippen LogP contribution in [0.3, 0.4) is 0 Å². The lowest BCUT2D eigenvalue weighted by Gasteiger charge is -2.08. The summed E-state index contributed by atoms with van der Waals surface area (Å²) in [6.45, 7) is 0. The Balaban J connectivity index is 1.89. The zero-order chi connectivity index (χ0) is 17.1. The van der Waals surface area contributed by atoms with Crippen LogP contribution in [0.15, 0.2) is 42.9 Å². The highest BCUT2D eigenvalue weighted by atomic mass is 35.5. The Morgan fingerprint density at radius 1 is 1.04 bits per heavy atom. The maximum Gasteiger partial charge on any atom is 0.266 e. The smallest absolute Gasteiger partial charge is 0.266 e. The van der Waals surface area contributed by atoms with E-state index in [0.29, 0.717) is 11.4 Å². The molecular weight excluding hydrogens is 343 g/mol. The van der Waals surface area contributed by atoms with Gasteiger partial charge in [0, 0.05) is 17.4 Å². The van der Waals surface area contributed by atoms with Crippen LogP contribution in [-0.2, 0) is 0 Å². The molecule has 0 unspecified atom stereocenters. The topological polar surface area (TPSA) is 63.6 Å². The first-order valence-corrected chi connectivity index (χ1v) is 7.06. The quantitative estimate of drug-likeness (QED) is 0.705. The monoisotopic (exact) mass is 351 g/mol. The van der Waals surface area contributed by atoms with E-state index in [2.05, 4.69) is 25.3 Å². The third-order valence-electron chi connectivity index (χ3n) is 3.04. The van der Waals surface area contributed by atoms with Crippen molar-refractivity contribution in [2.45, 2.75) is 6.43 Å². The third-order valence-corrected chi connectivity index (χ3v) is 3.25. The largest absolute Gasteiger partial charge is 0.324 e. The predicted molar refractivity (Wildman–Crippen MR) is 82.7 cm³/mol. The fourth-order valence-corrected chi connectivity index (χ4v) is 2.13. The molecule has 9 heteroatoms. The molecule has 0 saturated heterocycles. The van der Waals surface area contributed by atoms with E-state index in [-0.39, 0.29) is 16.8 Å². The zero-order valence-electron chi connectivity index (χ0n) is 11.9. The van der Waals surface area contributed by atoms with Gasteiger partial charge in [0.25, 0.3) is 6.43 Å². The van der Waals surface area contributed by atoms with E-state index < -0.39 is 17.8 Å². The van der Waals surface area contributed by atoms with Crippen molar-refractivity contribution in [3.63, 3.8) is 0 Å². The second-order valence-electron chi connectivity index (χ2n) is 4.66. The van der Waals surface area contributed by atoms with E-state index in [0.717, 1.165) is 12.1 Å². The number of aromatic nitrogens is 4. The Morgan fingerprint density at radius 2 is 1.88 bits per heavy atom. The molecule has 2 aromatic heterocycles. The number of pyridine rings is 1. The first-order valence-electron chi connectivity index (χ1n) is 6.68. The minimum Gasteiger partial charge on any atom is -0.324 e. The summed E-state index contributed by atoms with van der Waals surface area (Å²) in [6, 6.07) is 6.51. The van der Waals surface area contributed by atoms with Gasteiger partial charge in [-0.3, -0.25) is 0 Å². The van der Waals surface area contributed by atoms with Gasteiger partial charge in [0.05, 0.1) is 5.56 Å². The highest BCUT2D eigenvalue weighted by Crippen LogP contribution is 2.26. The van der Waals surface area contributed by atoms with Crippen molar-refractivity contribution < 1.29 is 13.2 Å². The normalized spacial score (nSPS) is 10.9. The number of hydrogen-bond donors (Lipinski definition) is 1. The summed E-state index contributed by atoms with van der Waals surface area (Å²) < 4.78 is 38.8. The number of nitrogens with zero attached hydrogens (tertiary/aromatic N) is 4. The highest BCUT2D eigenvalue weighted by Gasteiger charge is 2.14. The van der Waals surface area contributed by atoms with Crippen LogP contribution in [0.1, 0.15) is 12.0 Å².